The molecule has 11 heteroatoms. The third-order valence-electron chi connectivity index (χ3n) is 3.64. The number of aromatic carboxylic acids is 1. The van der Waals surface area contributed by atoms with E-state index < -0.39 is 5.97 Å². The van der Waals surface area contributed by atoms with Crippen molar-refractivity contribution < 1.29 is 9.90 Å². The fourth-order valence-corrected chi connectivity index (χ4v) is 3.89. The van der Waals surface area contributed by atoms with Gasteiger partial charge in [-0.25, -0.2) is 4.79 Å². The minimum atomic E-state index is -0.998. The summed E-state index contributed by atoms with van der Waals surface area (Å²) in [7, 11) is 0. The van der Waals surface area contributed by atoms with E-state index in [2.05, 4.69) is 29.7 Å². The molecule has 3 aromatic rings. The maximum atomic E-state index is 10.3. The predicted octanol–water partition coefficient (Wildman–Crippen LogP) is 8.26. The van der Waals surface area contributed by atoms with E-state index in [1.807, 2.05) is 25.1 Å². The Balaban J connectivity index is 0.000000241. The molecule has 1 atom stereocenters. The summed E-state index contributed by atoms with van der Waals surface area (Å²) in [6.45, 7) is 2.02. The number of hydrogen-bond acceptors (Lipinski definition) is 4. The molecule has 0 amide bonds. The number of aromatic amines is 1. The second-order valence-corrected chi connectivity index (χ2v) is 9.05. The van der Waals surface area contributed by atoms with Gasteiger partial charge in [0.2, 0.25) is 0 Å². The Morgan fingerprint density at radius 3 is 1.91 bits per heavy atom. The number of nitrogens with two attached hydrogens (primary N) is 1. The summed E-state index contributed by atoms with van der Waals surface area (Å²) in [6.07, 6.45) is 2.57. The minimum absolute atomic E-state index is 0.137. The van der Waals surface area contributed by atoms with Crippen molar-refractivity contribution in [2.75, 3.05) is 0 Å². The number of carboxylic acids is 1. The first-order chi connectivity index (χ1) is 15.0. The van der Waals surface area contributed by atoms with Crippen LogP contribution in [-0.4, -0.2) is 22.1 Å². The number of pyridine rings is 1. The molecule has 0 saturated heterocycles. The lowest BCUT2D eigenvalue weighted by molar-refractivity contribution is 0.0696. The van der Waals surface area contributed by atoms with Crippen LogP contribution in [-0.2, 0) is 6.42 Å². The van der Waals surface area contributed by atoms with Gasteiger partial charge in [0.1, 0.15) is 4.64 Å². The largest absolute Gasteiger partial charge is 0.478 e. The summed E-state index contributed by atoms with van der Waals surface area (Å²) in [5, 5.41) is 9.37. The molecule has 1 unspecified atom stereocenters. The van der Waals surface area contributed by atoms with Crippen LogP contribution in [0.3, 0.4) is 0 Å². The number of carboxylic acid groups (broad SMARTS) is 1. The second-order valence-electron chi connectivity index (χ2n) is 6.30. The Kier molecular flexibility index (Phi) is 13.0. The van der Waals surface area contributed by atoms with Gasteiger partial charge in [-0.3, -0.25) is 0 Å². The molecule has 2 aromatic carbocycles. The molecule has 4 nitrogen and oxygen atoms in total. The van der Waals surface area contributed by atoms with E-state index in [4.69, 9.17) is 81.1 Å². The van der Waals surface area contributed by atoms with E-state index in [9.17, 15) is 4.79 Å². The SMILES string of the molecule is CC(N)Cc1ccccc1.O=C(O)c1ccc[nH]c1=S.Sc1c(Cl)c(Cl)c(Cl)c(Cl)c1Cl. The van der Waals surface area contributed by atoms with Crippen molar-refractivity contribution in [3.8, 4) is 0 Å². The number of hydrogen-bond donors (Lipinski definition) is 4. The monoisotopic (exact) mass is 570 g/mol. The van der Waals surface area contributed by atoms with Crippen molar-refractivity contribution >= 4 is 88.8 Å². The Labute approximate surface area is 222 Å². The number of benzene rings is 2. The lowest BCUT2D eigenvalue weighted by atomic mass is 10.1. The van der Waals surface area contributed by atoms with Gasteiger partial charge < -0.3 is 15.8 Å². The standard InChI is InChI=1S/C9H13N.C6HCl5S.C6H5NO2S/c1-8(10)7-9-5-3-2-4-6-9;7-1-2(8)4(10)6(12)5(11)3(1)9;8-6(9)4-2-1-3-7-5(4)10/h2-6,8H,7,10H2,1H3;12H;1-3H,(H,7,10)(H,8,9). The second kappa shape index (κ2) is 14.3. The highest BCUT2D eigenvalue weighted by molar-refractivity contribution is 7.80. The smallest absolute Gasteiger partial charge is 0.338 e. The molecule has 4 N–H and O–H groups in total. The molecule has 0 aliphatic rings. The normalized spacial score (nSPS) is 10.9. The average Bonchev–Trinajstić information content (AvgIpc) is 2.76. The fraction of sp³-hybridized carbons (Fsp3) is 0.143. The van der Waals surface area contributed by atoms with E-state index in [1.54, 1.807) is 12.3 Å². The first kappa shape index (κ1) is 29.1. The summed E-state index contributed by atoms with van der Waals surface area (Å²) in [6, 6.07) is 13.6. The van der Waals surface area contributed by atoms with Crippen LogP contribution in [0.5, 0.6) is 0 Å². The molecule has 0 spiro atoms. The molecule has 3 rings (SSSR count). The van der Waals surface area contributed by atoms with Crippen LogP contribution in [0.2, 0.25) is 25.1 Å². The molecule has 0 fully saturated rings. The summed E-state index contributed by atoms with van der Waals surface area (Å²) >= 11 is 37.2. The summed E-state index contributed by atoms with van der Waals surface area (Å²) in [5.41, 5.74) is 7.08. The van der Waals surface area contributed by atoms with Gasteiger partial charge in [-0.05, 0) is 31.0 Å². The first-order valence-electron chi connectivity index (χ1n) is 8.88. The Morgan fingerprint density at radius 2 is 1.50 bits per heavy atom. The molecule has 0 aliphatic carbocycles. The molecule has 1 heterocycles. The fourth-order valence-electron chi connectivity index (χ4n) is 2.17. The van der Waals surface area contributed by atoms with Crippen molar-refractivity contribution in [1.29, 1.82) is 0 Å². The van der Waals surface area contributed by atoms with Crippen LogP contribution in [0.4, 0.5) is 0 Å². The lowest BCUT2D eigenvalue weighted by Crippen LogP contribution is -2.17. The van der Waals surface area contributed by atoms with Crippen LogP contribution in [0, 0.1) is 4.64 Å². The van der Waals surface area contributed by atoms with Crippen LogP contribution in [0.1, 0.15) is 22.8 Å². The summed E-state index contributed by atoms with van der Waals surface area (Å²) in [4.78, 5) is 13.3. The number of rotatable bonds is 3. The molecule has 172 valence electrons. The van der Waals surface area contributed by atoms with Crippen molar-refractivity contribution in [3.05, 3.63) is 89.5 Å². The molecule has 1 aromatic heterocycles. The Bertz CT molecular complexity index is 1000. The number of halogens is 5. The van der Waals surface area contributed by atoms with Gasteiger partial charge in [0, 0.05) is 17.1 Å². The third-order valence-corrected chi connectivity index (χ3v) is 6.96. The number of H-pyrrole nitrogens is 1. The molecular weight excluding hydrogens is 554 g/mol. The topological polar surface area (TPSA) is 79.1 Å². The third kappa shape index (κ3) is 9.12. The molecule has 32 heavy (non-hydrogen) atoms. The van der Waals surface area contributed by atoms with Crippen LogP contribution < -0.4 is 5.73 Å². The zero-order chi connectivity index (χ0) is 24.4. The van der Waals surface area contributed by atoms with Gasteiger partial charge in [-0.2, -0.15) is 0 Å². The molecule has 0 radical (unpaired) electrons. The van der Waals surface area contributed by atoms with Crippen molar-refractivity contribution in [1.82, 2.24) is 4.98 Å². The van der Waals surface area contributed by atoms with Gasteiger partial charge in [0.25, 0.3) is 0 Å². The van der Waals surface area contributed by atoms with Crippen LogP contribution in [0.25, 0.3) is 0 Å². The summed E-state index contributed by atoms with van der Waals surface area (Å²) in [5.74, 6) is -0.998. The zero-order valence-corrected chi connectivity index (χ0v) is 22.1. The van der Waals surface area contributed by atoms with Gasteiger partial charge >= 0.3 is 5.97 Å². The van der Waals surface area contributed by atoms with E-state index in [0.717, 1.165) is 6.42 Å². The van der Waals surface area contributed by atoms with E-state index in [0.29, 0.717) is 4.90 Å². The maximum absolute atomic E-state index is 10.3. The highest BCUT2D eigenvalue weighted by Crippen LogP contribution is 2.45. The predicted molar refractivity (Wildman–Crippen MR) is 141 cm³/mol. The zero-order valence-electron chi connectivity index (χ0n) is 16.6. The Morgan fingerprint density at radius 1 is 1.00 bits per heavy atom. The number of aromatic nitrogens is 1. The van der Waals surface area contributed by atoms with E-state index in [1.165, 1.54) is 11.6 Å². The molecular formula is C21H19Cl5N2O2S2. The number of nitrogens with one attached hydrogen (secondary N) is 1. The van der Waals surface area contributed by atoms with Gasteiger partial charge in [0.05, 0.1) is 30.7 Å². The first-order valence-corrected chi connectivity index (χ1v) is 11.6. The summed E-state index contributed by atoms with van der Waals surface area (Å²) < 4.78 is 0.259. The highest BCUT2D eigenvalue weighted by Gasteiger charge is 2.16. The average molecular weight is 573 g/mol. The van der Waals surface area contributed by atoms with Crippen LogP contribution >= 0.6 is 82.9 Å². The molecule has 0 aliphatic heterocycles. The Hall–Kier alpha value is -0.960. The van der Waals surface area contributed by atoms with Crippen LogP contribution in [0.15, 0.2) is 53.6 Å². The van der Waals surface area contributed by atoms with E-state index in [-0.39, 0.29) is 41.4 Å². The highest BCUT2D eigenvalue weighted by atomic mass is 35.5. The number of carbonyl (C=O) groups is 1. The maximum Gasteiger partial charge on any atom is 0.338 e. The van der Waals surface area contributed by atoms with Gasteiger partial charge in [-0.1, -0.05) is 101 Å². The molecule has 0 bridgehead atoms. The van der Waals surface area contributed by atoms with Crippen molar-refractivity contribution in [3.63, 3.8) is 0 Å². The molecule has 0 saturated carbocycles. The number of thiol groups is 1. The minimum Gasteiger partial charge on any atom is -0.478 e. The van der Waals surface area contributed by atoms with Crippen molar-refractivity contribution in [2.45, 2.75) is 24.3 Å². The quantitative estimate of drug-likeness (QED) is 0.110. The lowest BCUT2D eigenvalue weighted by Gasteiger charge is -2.07. The van der Waals surface area contributed by atoms with Gasteiger partial charge in [0.15, 0.2) is 0 Å². The van der Waals surface area contributed by atoms with E-state index >= 15 is 0 Å². The van der Waals surface area contributed by atoms with Gasteiger partial charge in [-0.15, -0.1) is 12.6 Å². The van der Waals surface area contributed by atoms with Crippen molar-refractivity contribution in [2.24, 2.45) is 5.73 Å².